The van der Waals surface area contributed by atoms with Crippen LogP contribution >= 0.6 is 0 Å². The van der Waals surface area contributed by atoms with E-state index >= 15 is 0 Å². The van der Waals surface area contributed by atoms with Gasteiger partial charge in [0.15, 0.2) is 11.6 Å². The van der Waals surface area contributed by atoms with Gasteiger partial charge in [-0.25, -0.2) is 9.37 Å². The number of nitrogen functional groups attached to an aromatic ring is 1. The Labute approximate surface area is 169 Å². The van der Waals surface area contributed by atoms with Gasteiger partial charge in [-0.2, -0.15) is 0 Å². The average Bonchev–Trinajstić information content (AvgIpc) is 2.70. The number of halogens is 1. The quantitative estimate of drug-likeness (QED) is 0.601. The minimum Gasteiger partial charge on any atom is -0.482 e. The lowest BCUT2D eigenvalue weighted by atomic mass is 9.98. The zero-order chi connectivity index (χ0) is 20.5. The van der Waals surface area contributed by atoms with E-state index in [0.29, 0.717) is 24.7 Å². The molecular weight excluding hydrogens is 367 g/mol. The van der Waals surface area contributed by atoms with E-state index in [4.69, 9.17) is 10.5 Å². The first-order chi connectivity index (χ1) is 13.9. The molecule has 1 unspecified atom stereocenters. The SMILES string of the molecule is C=Nc1ccc2c(c1)-c1cnc(N)c(c1)OC(C)c1cc(F)ccc1CN(C)C2. The molecule has 2 N–H and O–H groups in total. The van der Waals surface area contributed by atoms with E-state index < -0.39 is 0 Å². The number of nitrogens with zero attached hydrogens (tertiary/aromatic N) is 3. The second kappa shape index (κ2) is 7.64. The monoisotopic (exact) mass is 390 g/mol. The number of fused-ring (bicyclic) bond motifs is 5. The molecule has 4 rings (SSSR count). The highest BCUT2D eigenvalue weighted by Crippen LogP contribution is 2.35. The number of hydrogen-bond donors (Lipinski definition) is 1. The van der Waals surface area contributed by atoms with Gasteiger partial charge < -0.3 is 10.5 Å². The number of aromatic nitrogens is 1. The van der Waals surface area contributed by atoms with Gasteiger partial charge in [0.1, 0.15) is 11.9 Å². The highest BCUT2D eigenvalue weighted by molar-refractivity contribution is 5.73. The molecule has 0 radical (unpaired) electrons. The van der Waals surface area contributed by atoms with Crippen molar-refractivity contribution in [2.24, 2.45) is 4.99 Å². The van der Waals surface area contributed by atoms with Crippen LogP contribution in [0.5, 0.6) is 5.75 Å². The number of pyridine rings is 1. The first kappa shape index (κ1) is 19.1. The minimum atomic E-state index is -0.381. The van der Waals surface area contributed by atoms with Gasteiger partial charge in [0.25, 0.3) is 0 Å². The molecular formula is C23H23FN4O. The molecule has 0 saturated carbocycles. The summed E-state index contributed by atoms with van der Waals surface area (Å²) < 4.78 is 20.1. The Morgan fingerprint density at radius 1 is 1.17 bits per heavy atom. The summed E-state index contributed by atoms with van der Waals surface area (Å²) in [7, 11) is 2.04. The number of rotatable bonds is 1. The molecule has 1 aliphatic heterocycles. The molecule has 148 valence electrons. The Kier molecular flexibility index (Phi) is 5.03. The van der Waals surface area contributed by atoms with Gasteiger partial charge >= 0.3 is 0 Å². The zero-order valence-electron chi connectivity index (χ0n) is 16.5. The number of hydrogen-bond acceptors (Lipinski definition) is 5. The minimum absolute atomic E-state index is 0.288. The number of aliphatic imine (C=N–C) groups is 1. The molecule has 2 aromatic carbocycles. The fourth-order valence-corrected chi connectivity index (χ4v) is 3.75. The van der Waals surface area contributed by atoms with Gasteiger partial charge in [0, 0.05) is 24.8 Å². The van der Waals surface area contributed by atoms with E-state index in [-0.39, 0.29) is 11.9 Å². The summed E-state index contributed by atoms with van der Waals surface area (Å²) in [5, 5.41) is 0. The Morgan fingerprint density at radius 3 is 2.72 bits per heavy atom. The lowest BCUT2D eigenvalue weighted by Gasteiger charge is -2.25. The van der Waals surface area contributed by atoms with Crippen LogP contribution in [0.3, 0.4) is 0 Å². The number of anilines is 1. The van der Waals surface area contributed by atoms with Crippen molar-refractivity contribution in [2.45, 2.75) is 26.1 Å². The largest absolute Gasteiger partial charge is 0.482 e. The summed E-state index contributed by atoms with van der Waals surface area (Å²) in [5.41, 5.74) is 11.7. The van der Waals surface area contributed by atoms with Gasteiger partial charge in [-0.15, -0.1) is 0 Å². The van der Waals surface area contributed by atoms with Crippen LogP contribution < -0.4 is 10.5 Å². The molecule has 0 fully saturated rings. The van der Waals surface area contributed by atoms with E-state index in [1.807, 2.05) is 44.3 Å². The summed E-state index contributed by atoms with van der Waals surface area (Å²) in [4.78, 5) is 10.6. The summed E-state index contributed by atoms with van der Waals surface area (Å²) in [6.07, 6.45) is 1.35. The Morgan fingerprint density at radius 2 is 1.93 bits per heavy atom. The van der Waals surface area contributed by atoms with Gasteiger partial charge in [-0.05, 0) is 73.3 Å². The van der Waals surface area contributed by atoms with Gasteiger partial charge in [0.05, 0.1) is 5.69 Å². The maximum absolute atomic E-state index is 14.0. The molecule has 0 amide bonds. The standard InChI is InChI=1S/C23H23FN4O/c1-14-20-9-18(24)6-4-15(20)12-28(3)13-16-5-7-19(26-2)10-21(16)17-8-22(29-14)23(25)27-11-17/h4-11,14H,2,12-13H2,1,3H3,(H2,25,27). The predicted molar refractivity (Wildman–Crippen MR) is 114 cm³/mol. The highest BCUT2D eigenvalue weighted by atomic mass is 19.1. The van der Waals surface area contributed by atoms with Crippen LogP contribution in [0.15, 0.2) is 53.7 Å². The fraction of sp³-hybridized carbons (Fsp3) is 0.217. The third kappa shape index (κ3) is 3.84. The number of nitrogens with two attached hydrogens (primary N) is 1. The van der Waals surface area contributed by atoms with Gasteiger partial charge in [0.2, 0.25) is 0 Å². The summed E-state index contributed by atoms with van der Waals surface area (Å²) in [6.45, 7) is 6.89. The summed E-state index contributed by atoms with van der Waals surface area (Å²) in [6, 6.07) is 12.7. The Balaban J connectivity index is 1.90. The van der Waals surface area contributed by atoms with Crippen molar-refractivity contribution in [3.63, 3.8) is 0 Å². The third-order valence-electron chi connectivity index (χ3n) is 5.20. The van der Waals surface area contributed by atoms with Gasteiger partial charge in [-0.1, -0.05) is 12.1 Å². The predicted octanol–water partition coefficient (Wildman–Crippen LogP) is 4.89. The van der Waals surface area contributed by atoms with E-state index in [9.17, 15) is 4.39 Å². The Hall–Kier alpha value is -3.25. The van der Waals surface area contributed by atoms with Crippen LogP contribution in [-0.2, 0) is 13.1 Å². The lowest BCUT2D eigenvalue weighted by molar-refractivity contribution is 0.223. The molecule has 1 aromatic heterocycles. The smallest absolute Gasteiger partial charge is 0.166 e. The summed E-state index contributed by atoms with van der Waals surface area (Å²) in [5.74, 6) is 0.484. The fourth-order valence-electron chi connectivity index (χ4n) is 3.75. The van der Waals surface area contributed by atoms with Crippen molar-refractivity contribution in [1.82, 2.24) is 9.88 Å². The van der Waals surface area contributed by atoms with E-state index in [2.05, 4.69) is 21.6 Å². The van der Waals surface area contributed by atoms with E-state index in [1.54, 1.807) is 6.20 Å². The summed E-state index contributed by atoms with van der Waals surface area (Å²) >= 11 is 0. The van der Waals surface area contributed by atoms with Crippen molar-refractivity contribution in [2.75, 3.05) is 12.8 Å². The molecule has 0 aliphatic carbocycles. The molecule has 5 nitrogen and oxygen atoms in total. The molecule has 2 bridgehead atoms. The second-order valence-corrected chi connectivity index (χ2v) is 7.38. The van der Waals surface area contributed by atoms with E-state index in [1.165, 1.54) is 12.1 Å². The van der Waals surface area contributed by atoms with E-state index in [0.717, 1.165) is 33.5 Å². The van der Waals surface area contributed by atoms with Crippen molar-refractivity contribution in [3.05, 3.63) is 71.2 Å². The van der Waals surface area contributed by atoms with Crippen LogP contribution in [0.2, 0.25) is 0 Å². The van der Waals surface area contributed by atoms with Crippen molar-refractivity contribution in [3.8, 4) is 16.9 Å². The number of ether oxygens (including phenoxy) is 1. The van der Waals surface area contributed by atoms with Crippen LogP contribution in [0, 0.1) is 5.82 Å². The van der Waals surface area contributed by atoms with Crippen LogP contribution in [-0.4, -0.2) is 23.6 Å². The number of benzene rings is 2. The zero-order valence-corrected chi connectivity index (χ0v) is 16.5. The van der Waals surface area contributed by atoms with Crippen molar-refractivity contribution < 1.29 is 9.13 Å². The lowest BCUT2D eigenvalue weighted by Crippen LogP contribution is -2.20. The van der Waals surface area contributed by atoms with Crippen LogP contribution in [0.1, 0.15) is 29.7 Å². The highest BCUT2D eigenvalue weighted by Gasteiger charge is 2.19. The van der Waals surface area contributed by atoms with Crippen molar-refractivity contribution >= 4 is 18.2 Å². The van der Waals surface area contributed by atoms with Crippen molar-refractivity contribution in [1.29, 1.82) is 0 Å². The van der Waals surface area contributed by atoms with Crippen LogP contribution in [0.25, 0.3) is 11.1 Å². The third-order valence-corrected chi connectivity index (χ3v) is 5.20. The second-order valence-electron chi connectivity index (χ2n) is 7.38. The molecule has 6 heteroatoms. The maximum Gasteiger partial charge on any atom is 0.166 e. The molecule has 0 spiro atoms. The average molecular weight is 390 g/mol. The molecule has 29 heavy (non-hydrogen) atoms. The first-order valence-electron chi connectivity index (χ1n) is 9.43. The molecule has 2 heterocycles. The molecule has 0 saturated heterocycles. The first-order valence-corrected chi connectivity index (χ1v) is 9.43. The molecule has 3 aromatic rings. The van der Waals surface area contributed by atoms with Gasteiger partial charge in [-0.3, -0.25) is 9.89 Å². The van der Waals surface area contributed by atoms with Crippen LogP contribution in [0.4, 0.5) is 15.9 Å². The Bertz CT molecular complexity index is 1080. The molecule has 1 atom stereocenters. The normalized spacial score (nSPS) is 16.6. The topological polar surface area (TPSA) is 63.7 Å². The molecule has 1 aliphatic rings. The maximum atomic E-state index is 14.0.